The Hall–Kier alpha value is -2.33. The van der Waals surface area contributed by atoms with E-state index in [9.17, 15) is 4.79 Å². The maximum absolute atomic E-state index is 12.5. The quantitative estimate of drug-likeness (QED) is 0.657. The van der Waals surface area contributed by atoms with E-state index in [0.717, 1.165) is 51.1 Å². The maximum Gasteiger partial charge on any atom is 0.251 e. The van der Waals surface area contributed by atoms with Gasteiger partial charge in [-0.25, -0.2) is 0 Å². The van der Waals surface area contributed by atoms with Crippen LogP contribution in [0.4, 0.5) is 5.69 Å². The summed E-state index contributed by atoms with van der Waals surface area (Å²) in [5, 5.41) is 3.14. The number of rotatable bonds is 10. The number of amides is 1. The lowest BCUT2D eigenvalue weighted by atomic mass is 10.1. The number of benzene rings is 2. The highest BCUT2D eigenvalue weighted by molar-refractivity contribution is 5.94. The summed E-state index contributed by atoms with van der Waals surface area (Å²) in [5.41, 5.74) is 3.31. The van der Waals surface area contributed by atoms with Crippen LogP contribution in [-0.2, 0) is 6.42 Å². The van der Waals surface area contributed by atoms with Gasteiger partial charge >= 0.3 is 0 Å². The fourth-order valence-electron chi connectivity index (χ4n) is 3.95. The molecule has 1 aliphatic rings. The molecule has 29 heavy (non-hydrogen) atoms. The van der Waals surface area contributed by atoms with Crippen LogP contribution in [0.2, 0.25) is 0 Å². The molecule has 1 amide bonds. The van der Waals surface area contributed by atoms with Gasteiger partial charge in [0.1, 0.15) is 0 Å². The van der Waals surface area contributed by atoms with Gasteiger partial charge in [-0.2, -0.15) is 0 Å². The minimum Gasteiger partial charge on any atom is -0.375 e. The molecule has 1 N–H and O–H groups in total. The van der Waals surface area contributed by atoms with Gasteiger partial charge in [-0.1, -0.05) is 43.7 Å². The van der Waals surface area contributed by atoms with E-state index in [2.05, 4.69) is 59.4 Å². The molecular formula is C25H35N3O. The molecule has 1 aliphatic heterocycles. The number of carbonyl (C=O) groups is 1. The number of hydrogen-bond donors (Lipinski definition) is 1. The van der Waals surface area contributed by atoms with Crippen LogP contribution in [0.3, 0.4) is 0 Å². The third-order valence-electron chi connectivity index (χ3n) is 5.90. The molecule has 0 bridgehead atoms. The van der Waals surface area contributed by atoms with Crippen molar-refractivity contribution in [2.75, 3.05) is 44.7 Å². The molecule has 4 nitrogen and oxygen atoms in total. The molecule has 0 spiro atoms. The standard InChI is InChI=1S/C25H35N3O/c1-3-4-16-27(2)24-12-10-23(11-13-24)25(29)26-19-22-15-18-28(20-22)17-14-21-8-6-5-7-9-21/h5-13,22H,3-4,14-20H2,1-2H3,(H,26,29). The summed E-state index contributed by atoms with van der Waals surface area (Å²) >= 11 is 0. The molecule has 0 saturated carbocycles. The monoisotopic (exact) mass is 393 g/mol. The van der Waals surface area contributed by atoms with E-state index < -0.39 is 0 Å². The van der Waals surface area contributed by atoms with E-state index in [-0.39, 0.29) is 5.91 Å². The van der Waals surface area contributed by atoms with E-state index in [1.54, 1.807) is 0 Å². The number of anilines is 1. The van der Waals surface area contributed by atoms with E-state index in [1.807, 2.05) is 24.3 Å². The molecule has 0 aromatic heterocycles. The number of nitrogens with zero attached hydrogens (tertiary/aromatic N) is 2. The summed E-state index contributed by atoms with van der Waals surface area (Å²) in [6, 6.07) is 18.6. The molecule has 4 heteroatoms. The highest BCUT2D eigenvalue weighted by atomic mass is 16.1. The zero-order chi connectivity index (χ0) is 20.5. The van der Waals surface area contributed by atoms with Crippen LogP contribution < -0.4 is 10.2 Å². The molecule has 1 heterocycles. The Morgan fingerprint density at radius 1 is 1.14 bits per heavy atom. The first-order valence-corrected chi connectivity index (χ1v) is 11.0. The molecule has 0 radical (unpaired) electrons. The van der Waals surface area contributed by atoms with Gasteiger partial charge in [-0.3, -0.25) is 4.79 Å². The lowest BCUT2D eigenvalue weighted by Gasteiger charge is -2.19. The second kappa shape index (κ2) is 11.0. The SMILES string of the molecule is CCCCN(C)c1ccc(C(=O)NCC2CCN(CCc3ccccc3)C2)cc1. The van der Waals surface area contributed by atoms with Gasteiger partial charge in [0, 0.05) is 44.5 Å². The molecule has 0 aliphatic carbocycles. The van der Waals surface area contributed by atoms with Gasteiger partial charge in [0.05, 0.1) is 0 Å². The Morgan fingerprint density at radius 2 is 1.90 bits per heavy atom. The Kier molecular flexibility index (Phi) is 8.12. The smallest absolute Gasteiger partial charge is 0.251 e. The van der Waals surface area contributed by atoms with Gasteiger partial charge in [-0.05, 0) is 61.6 Å². The molecule has 2 aromatic carbocycles. The van der Waals surface area contributed by atoms with E-state index in [1.165, 1.54) is 24.1 Å². The van der Waals surface area contributed by atoms with Crippen molar-refractivity contribution >= 4 is 11.6 Å². The number of carbonyl (C=O) groups excluding carboxylic acids is 1. The fraction of sp³-hybridized carbons (Fsp3) is 0.480. The number of likely N-dealkylation sites (tertiary alicyclic amines) is 1. The molecule has 2 aromatic rings. The second-order valence-corrected chi connectivity index (χ2v) is 8.22. The van der Waals surface area contributed by atoms with Gasteiger partial charge in [0.15, 0.2) is 0 Å². The minimum absolute atomic E-state index is 0.0375. The molecule has 3 rings (SSSR count). The lowest BCUT2D eigenvalue weighted by molar-refractivity contribution is 0.0947. The fourth-order valence-corrected chi connectivity index (χ4v) is 3.95. The Morgan fingerprint density at radius 3 is 2.62 bits per heavy atom. The summed E-state index contributed by atoms with van der Waals surface area (Å²) in [7, 11) is 2.11. The van der Waals surface area contributed by atoms with Crippen molar-refractivity contribution in [2.45, 2.75) is 32.6 Å². The summed E-state index contributed by atoms with van der Waals surface area (Å²) in [5.74, 6) is 0.588. The number of unbranched alkanes of at least 4 members (excludes halogenated alkanes) is 1. The molecule has 1 saturated heterocycles. The van der Waals surface area contributed by atoms with Crippen molar-refractivity contribution in [3.8, 4) is 0 Å². The third-order valence-corrected chi connectivity index (χ3v) is 5.90. The normalized spacial score (nSPS) is 16.7. The Balaban J connectivity index is 1.39. The molecule has 1 fully saturated rings. The average Bonchev–Trinajstić information content (AvgIpc) is 3.23. The topological polar surface area (TPSA) is 35.6 Å². The third kappa shape index (κ3) is 6.60. The minimum atomic E-state index is 0.0375. The van der Waals surface area contributed by atoms with Crippen LogP contribution in [0.15, 0.2) is 54.6 Å². The first kappa shape index (κ1) is 21.4. The van der Waals surface area contributed by atoms with Gasteiger partial charge in [0.2, 0.25) is 0 Å². The van der Waals surface area contributed by atoms with Gasteiger partial charge in [0.25, 0.3) is 5.91 Å². The predicted molar refractivity (Wildman–Crippen MR) is 122 cm³/mol. The lowest BCUT2D eigenvalue weighted by Crippen LogP contribution is -2.31. The van der Waals surface area contributed by atoms with Crippen LogP contribution >= 0.6 is 0 Å². The van der Waals surface area contributed by atoms with Gasteiger partial charge < -0.3 is 15.1 Å². The van der Waals surface area contributed by atoms with Crippen LogP contribution in [0.1, 0.15) is 42.1 Å². The Bertz CT molecular complexity index is 744. The number of hydrogen-bond acceptors (Lipinski definition) is 3. The van der Waals surface area contributed by atoms with Crippen molar-refractivity contribution in [3.05, 3.63) is 65.7 Å². The largest absolute Gasteiger partial charge is 0.375 e. The first-order valence-electron chi connectivity index (χ1n) is 11.0. The summed E-state index contributed by atoms with van der Waals surface area (Å²) in [4.78, 5) is 17.3. The van der Waals surface area contributed by atoms with Crippen LogP contribution in [0.25, 0.3) is 0 Å². The zero-order valence-corrected chi connectivity index (χ0v) is 17.9. The predicted octanol–water partition coefficient (Wildman–Crippen LogP) is 4.22. The zero-order valence-electron chi connectivity index (χ0n) is 17.9. The molecule has 1 atom stereocenters. The van der Waals surface area contributed by atoms with E-state index >= 15 is 0 Å². The number of nitrogens with one attached hydrogen (secondary N) is 1. The van der Waals surface area contributed by atoms with Crippen molar-refractivity contribution in [3.63, 3.8) is 0 Å². The maximum atomic E-state index is 12.5. The summed E-state index contributed by atoms with van der Waals surface area (Å²) < 4.78 is 0. The van der Waals surface area contributed by atoms with E-state index in [0.29, 0.717) is 5.92 Å². The van der Waals surface area contributed by atoms with Crippen LogP contribution in [0, 0.1) is 5.92 Å². The summed E-state index contributed by atoms with van der Waals surface area (Å²) in [6.07, 6.45) is 4.63. The van der Waals surface area contributed by atoms with Gasteiger partial charge in [-0.15, -0.1) is 0 Å². The van der Waals surface area contributed by atoms with E-state index in [4.69, 9.17) is 0 Å². The Labute approximate surface area is 175 Å². The molecular weight excluding hydrogens is 358 g/mol. The highest BCUT2D eigenvalue weighted by Crippen LogP contribution is 2.17. The molecule has 156 valence electrons. The summed E-state index contributed by atoms with van der Waals surface area (Å²) in [6.45, 7) is 7.32. The second-order valence-electron chi connectivity index (χ2n) is 8.22. The van der Waals surface area contributed by atoms with Crippen molar-refractivity contribution < 1.29 is 4.79 Å². The van der Waals surface area contributed by atoms with Crippen molar-refractivity contribution in [1.29, 1.82) is 0 Å². The average molecular weight is 394 g/mol. The molecule has 1 unspecified atom stereocenters. The van der Waals surface area contributed by atoms with Crippen LogP contribution in [-0.4, -0.2) is 50.6 Å². The van der Waals surface area contributed by atoms with Crippen molar-refractivity contribution in [2.24, 2.45) is 5.92 Å². The van der Waals surface area contributed by atoms with Crippen molar-refractivity contribution in [1.82, 2.24) is 10.2 Å². The first-order chi connectivity index (χ1) is 14.2. The van der Waals surface area contributed by atoms with Crippen LogP contribution in [0.5, 0.6) is 0 Å². The highest BCUT2D eigenvalue weighted by Gasteiger charge is 2.22.